The molecule has 11 rings (SSSR count). The van der Waals surface area contributed by atoms with Gasteiger partial charge in [-0.3, -0.25) is 0 Å². The van der Waals surface area contributed by atoms with Crippen LogP contribution in [0.5, 0.6) is 0 Å². The van der Waals surface area contributed by atoms with Crippen molar-refractivity contribution in [2.45, 2.75) is 38.5 Å². The molecule has 8 aromatic carbocycles. The molecule has 0 N–H and O–H groups in total. The summed E-state index contributed by atoms with van der Waals surface area (Å²) in [5.74, 6) is 0. The molecule has 0 radical (unpaired) electrons. The molecular formula is C54H41NO. The van der Waals surface area contributed by atoms with Crippen LogP contribution in [0.4, 0.5) is 17.1 Å². The van der Waals surface area contributed by atoms with Crippen LogP contribution in [-0.2, 0) is 10.8 Å². The second-order valence-electron chi connectivity index (χ2n) is 16.6. The molecular weight excluding hydrogens is 679 g/mol. The Labute approximate surface area is 328 Å². The molecule has 1 aromatic heterocycles. The van der Waals surface area contributed by atoms with E-state index in [9.17, 15) is 0 Å². The number of anilines is 3. The average Bonchev–Trinajstić information content (AvgIpc) is 3.81. The maximum atomic E-state index is 6.70. The molecule has 2 aliphatic rings. The van der Waals surface area contributed by atoms with Gasteiger partial charge in [-0.25, -0.2) is 0 Å². The van der Waals surface area contributed by atoms with Crippen molar-refractivity contribution in [3.05, 3.63) is 198 Å². The topological polar surface area (TPSA) is 16.4 Å². The van der Waals surface area contributed by atoms with Gasteiger partial charge >= 0.3 is 0 Å². The van der Waals surface area contributed by atoms with Crippen molar-refractivity contribution in [3.8, 4) is 44.5 Å². The number of hydrogen-bond donors (Lipinski definition) is 0. The Morgan fingerprint density at radius 1 is 0.375 bits per heavy atom. The van der Waals surface area contributed by atoms with E-state index in [-0.39, 0.29) is 10.8 Å². The zero-order valence-corrected chi connectivity index (χ0v) is 32.1. The number of fused-ring (bicyclic) bond motifs is 9. The van der Waals surface area contributed by atoms with Crippen molar-refractivity contribution in [3.63, 3.8) is 0 Å². The minimum Gasteiger partial charge on any atom is -0.454 e. The van der Waals surface area contributed by atoms with Crippen molar-refractivity contribution in [1.29, 1.82) is 0 Å². The quantitative estimate of drug-likeness (QED) is 0.176. The monoisotopic (exact) mass is 719 g/mol. The van der Waals surface area contributed by atoms with Gasteiger partial charge in [0, 0.05) is 33.0 Å². The third-order valence-electron chi connectivity index (χ3n) is 12.6. The lowest BCUT2D eigenvalue weighted by Gasteiger charge is -2.27. The first-order chi connectivity index (χ1) is 27.3. The summed E-state index contributed by atoms with van der Waals surface area (Å²) in [5.41, 5.74) is 20.3. The summed E-state index contributed by atoms with van der Waals surface area (Å²) in [6, 6.07) is 64.6. The minimum atomic E-state index is -0.101. The molecule has 0 aliphatic heterocycles. The molecule has 56 heavy (non-hydrogen) atoms. The van der Waals surface area contributed by atoms with E-state index in [4.69, 9.17) is 4.42 Å². The van der Waals surface area contributed by atoms with Gasteiger partial charge in [0.1, 0.15) is 5.58 Å². The van der Waals surface area contributed by atoms with Crippen molar-refractivity contribution in [2.24, 2.45) is 0 Å². The Balaban J connectivity index is 1.16. The highest BCUT2D eigenvalue weighted by Gasteiger charge is 2.37. The standard InChI is InChI=1S/C54H41NO/c1-53(2)46-21-11-8-17-40(46)42-27-25-34(32-48(42)53)36-29-37(35-26-28-43-41-18-9-12-22-47(41)54(3,4)49(43)33-35)31-39(30-36)55(38-15-6-5-7-16-38)50-23-14-20-45-44-19-10-13-24-51(44)56-52(45)50/h5-33H,1-4H3. The number of para-hydroxylation sites is 3. The molecule has 0 saturated carbocycles. The summed E-state index contributed by atoms with van der Waals surface area (Å²) in [7, 11) is 0. The van der Waals surface area contributed by atoms with E-state index in [1.807, 2.05) is 6.07 Å². The molecule has 0 saturated heterocycles. The van der Waals surface area contributed by atoms with E-state index in [2.05, 4.69) is 202 Å². The van der Waals surface area contributed by atoms with Crippen LogP contribution in [-0.4, -0.2) is 0 Å². The van der Waals surface area contributed by atoms with E-state index in [1.165, 1.54) is 66.8 Å². The van der Waals surface area contributed by atoms with Crippen LogP contribution in [0.3, 0.4) is 0 Å². The number of furan rings is 1. The number of nitrogens with zero attached hydrogens (tertiary/aromatic N) is 1. The van der Waals surface area contributed by atoms with Gasteiger partial charge in [-0.05, 0) is 121 Å². The first kappa shape index (κ1) is 32.8. The number of benzene rings is 8. The fraction of sp³-hybridized carbons (Fsp3) is 0.111. The minimum absolute atomic E-state index is 0.101. The van der Waals surface area contributed by atoms with Crippen molar-refractivity contribution in [1.82, 2.24) is 0 Å². The van der Waals surface area contributed by atoms with Gasteiger partial charge in [-0.2, -0.15) is 0 Å². The lowest BCUT2D eigenvalue weighted by atomic mass is 9.81. The highest BCUT2D eigenvalue weighted by molar-refractivity contribution is 6.10. The molecule has 0 amide bonds. The van der Waals surface area contributed by atoms with Crippen LogP contribution in [0.15, 0.2) is 180 Å². The smallest absolute Gasteiger partial charge is 0.159 e. The van der Waals surface area contributed by atoms with Gasteiger partial charge in [0.25, 0.3) is 0 Å². The second-order valence-corrected chi connectivity index (χ2v) is 16.6. The normalized spacial score (nSPS) is 14.4. The highest BCUT2D eigenvalue weighted by Crippen LogP contribution is 2.52. The van der Waals surface area contributed by atoms with E-state index < -0.39 is 0 Å². The maximum absolute atomic E-state index is 6.70. The van der Waals surface area contributed by atoms with Crippen molar-refractivity contribution >= 4 is 39.0 Å². The fourth-order valence-corrected chi connectivity index (χ4v) is 9.75. The van der Waals surface area contributed by atoms with Crippen molar-refractivity contribution in [2.75, 3.05) is 4.90 Å². The van der Waals surface area contributed by atoms with Gasteiger partial charge in [0.05, 0.1) is 5.69 Å². The maximum Gasteiger partial charge on any atom is 0.159 e. The Morgan fingerprint density at radius 3 is 1.52 bits per heavy atom. The summed E-state index contributed by atoms with van der Waals surface area (Å²) in [6.07, 6.45) is 0. The lowest BCUT2D eigenvalue weighted by Crippen LogP contribution is -2.15. The number of hydrogen-bond acceptors (Lipinski definition) is 2. The largest absolute Gasteiger partial charge is 0.454 e. The third kappa shape index (κ3) is 4.75. The predicted octanol–water partition coefficient (Wildman–Crippen LogP) is 15.0. The predicted molar refractivity (Wildman–Crippen MR) is 234 cm³/mol. The van der Waals surface area contributed by atoms with Crippen LogP contribution < -0.4 is 4.90 Å². The number of rotatable bonds is 5. The Hall–Kier alpha value is -6.64. The van der Waals surface area contributed by atoms with Crippen LogP contribution in [0.2, 0.25) is 0 Å². The van der Waals surface area contributed by atoms with Gasteiger partial charge in [-0.15, -0.1) is 0 Å². The lowest BCUT2D eigenvalue weighted by molar-refractivity contribution is 0.660. The van der Waals surface area contributed by atoms with Gasteiger partial charge in [0.2, 0.25) is 0 Å². The molecule has 268 valence electrons. The van der Waals surface area contributed by atoms with Crippen LogP contribution >= 0.6 is 0 Å². The summed E-state index contributed by atoms with van der Waals surface area (Å²) in [5, 5.41) is 2.23. The summed E-state index contributed by atoms with van der Waals surface area (Å²) in [4.78, 5) is 2.37. The van der Waals surface area contributed by atoms with Gasteiger partial charge < -0.3 is 9.32 Å². The first-order valence-corrected chi connectivity index (χ1v) is 19.7. The van der Waals surface area contributed by atoms with Gasteiger partial charge in [-0.1, -0.05) is 149 Å². The molecule has 0 spiro atoms. The SMILES string of the molecule is CC1(C)c2ccccc2-c2ccc(-c3cc(-c4ccc5c(c4)C(C)(C)c4ccccc4-5)cc(N(c4ccccc4)c4cccc5c4oc4ccccc45)c3)cc21. The third-order valence-corrected chi connectivity index (χ3v) is 12.6. The molecule has 2 heteroatoms. The molecule has 0 bridgehead atoms. The first-order valence-electron chi connectivity index (χ1n) is 19.7. The highest BCUT2D eigenvalue weighted by atomic mass is 16.3. The van der Waals surface area contributed by atoms with E-state index in [1.54, 1.807) is 0 Å². The fourth-order valence-electron chi connectivity index (χ4n) is 9.75. The molecule has 0 fully saturated rings. The van der Waals surface area contributed by atoms with E-state index >= 15 is 0 Å². The van der Waals surface area contributed by atoms with Crippen molar-refractivity contribution < 1.29 is 4.42 Å². The summed E-state index contributed by atoms with van der Waals surface area (Å²) < 4.78 is 6.70. The Morgan fingerprint density at radius 2 is 0.893 bits per heavy atom. The van der Waals surface area contributed by atoms with E-state index in [0.717, 1.165) is 39.0 Å². The molecule has 0 atom stereocenters. The Bertz CT molecular complexity index is 2910. The summed E-state index contributed by atoms with van der Waals surface area (Å²) in [6.45, 7) is 9.44. The van der Waals surface area contributed by atoms with Crippen LogP contribution in [0.25, 0.3) is 66.4 Å². The molecule has 2 nitrogen and oxygen atoms in total. The molecule has 0 unspecified atom stereocenters. The van der Waals surface area contributed by atoms with Gasteiger partial charge in [0.15, 0.2) is 5.58 Å². The Kier molecular flexibility index (Phi) is 6.98. The van der Waals surface area contributed by atoms with Crippen LogP contribution in [0, 0.1) is 0 Å². The summed E-state index contributed by atoms with van der Waals surface area (Å²) >= 11 is 0. The second kappa shape index (κ2) is 11.9. The molecule has 9 aromatic rings. The zero-order chi connectivity index (χ0) is 37.8. The average molecular weight is 720 g/mol. The zero-order valence-electron chi connectivity index (χ0n) is 32.1. The molecule has 2 aliphatic carbocycles. The molecule has 1 heterocycles. The van der Waals surface area contributed by atoms with Crippen LogP contribution in [0.1, 0.15) is 49.9 Å². The van der Waals surface area contributed by atoms with E-state index in [0.29, 0.717) is 0 Å².